The third-order valence-corrected chi connectivity index (χ3v) is 6.13. The van der Waals surface area contributed by atoms with Gasteiger partial charge in [-0.25, -0.2) is 4.79 Å². The summed E-state index contributed by atoms with van der Waals surface area (Å²) in [6, 6.07) is 8.30. The zero-order valence-corrected chi connectivity index (χ0v) is 18.2. The number of likely N-dealkylation sites (tertiary alicyclic amines) is 1. The molecule has 1 saturated heterocycles. The van der Waals surface area contributed by atoms with E-state index in [0.29, 0.717) is 13.1 Å². The van der Waals surface area contributed by atoms with Crippen LogP contribution in [0.5, 0.6) is 0 Å². The van der Waals surface area contributed by atoms with Gasteiger partial charge < -0.3 is 19.4 Å². The van der Waals surface area contributed by atoms with Gasteiger partial charge in [0.15, 0.2) is 0 Å². The third kappa shape index (κ3) is 3.61. The van der Waals surface area contributed by atoms with Crippen LogP contribution >= 0.6 is 0 Å². The number of hydrogen-bond donors (Lipinski definition) is 1. The second-order valence-corrected chi connectivity index (χ2v) is 10.0. The van der Waals surface area contributed by atoms with Gasteiger partial charge in [0.05, 0.1) is 5.54 Å². The van der Waals surface area contributed by atoms with Gasteiger partial charge in [-0.05, 0) is 77.1 Å². The summed E-state index contributed by atoms with van der Waals surface area (Å²) in [7, 11) is 0. The van der Waals surface area contributed by atoms with Crippen molar-refractivity contribution in [2.24, 2.45) is 17.8 Å². The van der Waals surface area contributed by atoms with Gasteiger partial charge in [0.1, 0.15) is 5.60 Å². The summed E-state index contributed by atoms with van der Waals surface area (Å²) in [6.07, 6.45) is 1.76. The summed E-state index contributed by atoms with van der Waals surface area (Å²) >= 11 is 0. The van der Waals surface area contributed by atoms with E-state index in [1.807, 2.05) is 46.9 Å². The number of rotatable bonds is 3. The zero-order valence-electron chi connectivity index (χ0n) is 18.2. The maximum absolute atomic E-state index is 13.0. The minimum atomic E-state index is -0.497. The highest BCUT2D eigenvalue weighted by Gasteiger charge is 2.61. The highest BCUT2D eigenvalue weighted by molar-refractivity contribution is 5.84. The normalized spacial score (nSPS) is 23.8. The molecule has 2 aromatic heterocycles. The number of ether oxygens (including phenoxy) is 1. The van der Waals surface area contributed by atoms with E-state index in [2.05, 4.69) is 34.8 Å². The molecule has 0 spiro atoms. The Balaban J connectivity index is 1.40. The molecular formula is C23H31N3O3. The molecule has 29 heavy (non-hydrogen) atoms. The molecule has 3 atom stereocenters. The Hall–Kier alpha value is -2.50. The standard InChI is InChI=1S/C23H31N3O3/c1-14-8-7-11-26-17(14)9-10-18(26)23(5,6)24-20(27)19-15-12-25(13-16(15)19)21(28)29-22(2,3)4/h7-11,15-16,19H,12-13H2,1-6H3,(H,24,27)/t15-,16+,19?. The van der Waals surface area contributed by atoms with Crippen LogP contribution in [0.4, 0.5) is 4.79 Å². The van der Waals surface area contributed by atoms with Gasteiger partial charge >= 0.3 is 6.09 Å². The molecule has 4 rings (SSSR count). The number of hydrogen-bond acceptors (Lipinski definition) is 3. The second kappa shape index (κ2) is 6.51. The lowest BCUT2D eigenvalue weighted by molar-refractivity contribution is -0.125. The fraction of sp³-hybridized carbons (Fsp3) is 0.565. The molecule has 0 aromatic carbocycles. The largest absolute Gasteiger partial charge is 0.444 e. The minimum absolute atomic E-state index is 0.0130. The summed E-state index contributed by atoms with van der Waals surface area (Å²) < 4.78 is 7.60. The third-order valence-electron chi connectivity index (χ3n) is 6.13. The van der Waals surface area contributed by atoms with Crippen LogP contribution in [-0.4, -0.2) is 40.0 Å². The van der Waals surface area contributed by atoms with Crippen LogP contribution in [0.2, 0.25) is 0 Å². The van der Waals surface area contributed by atoms with Crippen LogP contribution in [0.1, 0.15) is 45.9 Å². The molecule has 0 bridgehead atoms. The van der Waals surface area contributed by atoms with Crippen molar-refractivity contribution in [3.8, 4) is 0 Å². The van der Waals surface area contributed by atoms with E-state index < -0.39 is 11.1 Å². The SMILES string of the molecule is Cc1cccn2c(C(C)(C)NC(=O)C3[C@H]4CN(C(=O)OC(C)(C)C)C[C@@H]34)ccc12. The van der Waals surface area contributed by atoms with E-state index in [4.69, 9.17) is 4.74 Å². The number of fused-ring (bicyclic) bond motifs is 2. The molecule has 6 nitrogen and oxygen atoms in total. The lowest BCUT2D eigenvalue weighted by Crippen LogP contribution is -2.44. The molecule has 1 saturated carbocycles. The van der Waals surface area contributed by atoms with Crippen LogP contribution in [-0.2, 0) is 15.1 Å². The van der Waals surface area contributed by atoms with Crippen molar-refractivity contribution in [3.63, 3.8) is 0 Å². The summed E-state index contributed by atoms with van der Waals surface area (Å²) in [5, 5.41) is 3.25. The average molecular weight is 398 g/mol. The number of nitrogens with zero attached hydrogens (tertiary/aromatic N) is 2. The molecule has 6 heteroatoms. The predicted octanol–water partition coefficient (Wildman–Crippen LogP) is 3.71. The maximum Gasteiger partial charge on any atom is 0.410 e. The Morgan fingerprint density at radius 2 is 1.72 bits per heavy atom. The quantitative estimate of drug-likeness (QED) is 0.859. The Kier molecular flexibility index (Phi) is 4.44. The first-order chi connectivity index (χ1) is 13.5. The fourth-order valence-corrected chi connectivity index (χ4v) is 4.64. The van der Waals surface area contributed by atoms with Crippen molar-refractivity contribution in [2.45, 2.75) is 52.7 Å². The van der Waals surface area contributed by atoms with Gasteiger partial charge in [0, 0.05) is 36.4 Å². The molecule has 156 valence electrons. The molecule has 0 radical (unpaired) electrons. The maximum atomic E-state index is 13.0. The molecule has 1 unspecified atom stereocenters. The summed E-state index contributed by atoms with van der Waals surface area (Å²) in [5.74, 6) is 0.548. The lowest BCUT2D eigenvalue weighted by atomic mass is 10.00. The minimum Gasteiger partial charge on any atom is -0.444 e. The Morgan fingerprint density at radius 3 is 2.34 bits per heavy atom. The van der Waals surface area contributed by atoms with E-state index in [1.54, 1.807) is 4.90 Å². The van der Waals surface area contributed by atoms with E-state index in [0.717, 1.165) is 11.2 Å². The molecule has 2 aromatic rings. The summed E-state index contributed by atoms with van der Waals surface area (Å²) in [4.78, 5) is 27.0. The average Bonchev–Trinajstić information content (AvgIpc) is 2.96. The molecule has 2 aliphatic rings. The smallest absolute Gasteiger partial charge is 0.410 e. The highest BCUT2D eigenvalue weighted by Crippen LogP contribution is 2.52. The van der Waals surface area contributed by atoms with Crippen LogP contribution in [0, 0.1) is 24.7 Å². The van der Waals surface area contributed by atoms with E-state index in [9.17, 15) is 9.59 Å². The van der Waals surface area contributed by atoms with Crippen molar-refractivity contribution in [1.29, 1.82) is 0 Å². The molecular weight excluding hydrogens is 366 g/mol. The lowest BCUT2D eigenvalue weighted by Gasteiger charge is -2.28. The van der Waals surface area contributed by atoms with Gasteiger partial charge in [-0.2, -0.15) is 0 Å². The van der Waals surface area contributed by atoms with Crippen molar-refractivity contribution >= 4 is 17.5 Å². The number of carbonyl (C=O) groups is 2. The van der Waals surface area contributed by atoms with Gasteiger partial charge in [0.25, 0.3) is 0 Å². The van der Waals surface area contributed by atoms with Crippen LogP contribution in [0.25, 0.3) is 5.52 Å². The topological polar surface area (TPSA) is 63.0 Å². The van der Waals surface area contributed by atoms with Gasteiger partial charge in [-0.1, -0.05) is 6.07 Å². The van der Waals surface area contributed by atoms with Gasteiger partial charge in [0.2, 0.25) is 5.91 Å². The van der Waals surface area contributed by atoms with Crippen LogP contribution < -0.4 is 5.32 Å². The summed E-state index contributed by atoms with van der Waals surface area (Å²) in [5.41, 5.74) is 2.44. The molecule has 3 heterocycles. The number of pyridine rings is 1. The van der Waals surface area contributed by atoms with Crippen molar-refractivity contribution in [1.82, 2.24) is 14.6 Å². The molecule has 1 N–H and O–H groups in total. The number of amides is 2. The molecule has 2 fully saturated rings. The Bertz CT molecular complexity index is 957. The van der Waals surface area contributed by atoms with Gasteiger partial charge in [-0.3, -0.25) is 4.79 Å². The first-order valence-electron chi connectivity index (χ1n) is 10.3. The molecule has 1 aliphatic carbocycles. The summed E-state index contributed by atoms with van der Waals surface area (Å²) in [6.45, 7) is 13.0. The molecule has 1 aliphatic heterocycles. The van der Waals surface area contributed by atoms with Crippen molar-refractivity contribution in [3.05, 3.63) is 41.7 Å². The Morgan fingerprint density at radius 1 is 1.07 bits per heavy atom. The van der Waals surface area contributed by atoms with Crippen molar-refractivity contribution < 1.29 is 14.3 Å². The zero-order chi connectivity index (χ0) is 21.1. The Labute approximate surface area is 172 Å². The second-order valence-electron chi connectivity index (χ2n) is 10.0. The van der Waals surface area contributed by atoms with E-state index in [-0.39, 0.29) is 29.8 Å². The first-order valence-corrected chi connectivity index (χ1v) is 10.3. The number of aromatic nitrogens is 1. The fourth-order valence-electron chi connectivity index (χ4n) is 4.64. The van der Waals surface area contributed by atoms with Crippen LogP contribution in [0.15, 0.2) is 30.5 Å². The van der Waals surface area contributed by atoms with Crippen molar-refractivity contribution in [2.75, 3.05) is 13.1 Å². The van der Waals surface area contributed by atoms with E-state index in [1.165, 1.54) is 5.56 Å². The number of piperidine rings is 1. The highest BCUT2D eigenvalue weighted by atomic mass is 16.6. The van der Waals surface area contributed by atoms with Crippen LogP contribution in [0.3, 0.4) is 0 Å². The van der Waals surface area contributed by atoms with E-state index >= 15 is 0 Å². The monoisotopic (exact) mass is 397 g/mol. The van der Waals surface area contributed by atoms with Gasteiger partial charge in [-0.15, -0.1) is 0 Å². The number of nitrogens with one attached hydrogen (secondary N) is 1. The molecule has 2 amide bonds. The predicted molar refractivity (Wildman–Crippen MR) is 112 cm³/mol. The first kappa shape index (κ1) is 19.8. The number of carbonyl (C=O) groups excluding carboxylic acids is 2. The number of aryl methyl sites for hydroxylation is 1.